The topological polar surface area (TPSA) is 62.8 Å². The summed E-state index contributed by atoms with van der Waals surface area (Å²) in [7, 11) is 3.74. The van der Waals surface area contributed by atoms with Gasteiger partial charge in [-0.2, -0.15) is 0 Å². The number of anilines is 1. The molecule has 0 saturated heterocycles. The zero-order valence-corrected chi connectivity index (χ0v) is 15.4. The second kappa shape index (κ2) is 11.7. The lowest BCUT2D eigenvalue weighted by molar-refractivity contribution is 0.160. The van der Waals surface area contributed by atoms with Crippen LogP contribution in [0, 0.1) is 6.92 Å². The molecule has 2 N–H and O–H groups in total. The Kier molecular flexibility index (Phi) is 9.88. The van der Waals surface area contributed by atoms with Crippen LogP contribution >= 0.6 is 0 Å². The van der Waals surface area contributed by atoms with Gasteiger partial charge in [0.25, 0.3) is 0 Å². The van der Waals surface area contributed by atoms with E-state index in [-0.39, 0.29) is 6.03 Å². The maximum atomic E-state index is 12.0. The highest BCUT2D eigenvalue weighted by Crippen LogP contribution is 2.25. The van der Waals surface area contributed by atoms with Crippen molar-refractivity contribution in [3.05, 3.63) is 23.8 Å². The maximum absolute atomic E-state index is 12.0. The molecular formula is C18H31N3O3. The number of benzene rings is 1. The molecule has 0 unspecified atom stereocenters. The largest absolute Gasteiger partial charge is 0.491 e. The Labute approximate surface area is 145 Å². The normalized spacial score (nSPS) is 10.7. The summed E-state index contributed by atoms with van der Waals surface area (Å²) >= 11 is 0. The molecule has 0 radical (unpaired) electrons. The molecule has 24 heavy (non-hydrogen) atoms. The molecule has 1 aromatic carbocycles. The van der Waals surface area contributed by atoms with Gasteiger partial charge in [-0.05, 0) is 51.1 Å². The first-order chi connectivity index (χ1) is 11.6. The Hall–Kier alpha value is -1.79. The SMILES string of the molecule is CCCOc1cc(C)ccc1NC(=O)NCCCN(C)CCOC. The molecule has 6 heteroatoms. The Balaban J connectivity index is 2.37. The average molecular weight is 337 g/mol. The lowest BCUT2D eigenvalue weighted by Crippen LogP contribution is -2.32. The fourth-order valence-electron chi connectivity index (χ4n) is 2.14. The van der Waals surface area contributed by atoms with Crippen LogP contribution in [-0.2, 0) is 4.74 Å². The van der Waals surface area contributed by atoms with Crippen molar-refractivity contribution in [2.45, 2.75) is 26.7 Å². The summed E-state index contributed by atoms with van der Waals surface area (Å²) in [5, 5.41) is 5.74. The first-order valence-electron chi connectivity index (χ1n) is 8.52. The number of hydrogen-bond donors (Lipinski definition) is 2. The number of rotatable bonds is 11. The van der Waals surface area contributed by atoms with Gasteiger partial charge >= 0.3 is 6.03 Å². The third-order valence-corrected chi connectivity index (χ3v) is 3.53. The van der Waals surface area contributed by atoms with Gasteiger partial charge < -0.3 is 25.0 Å². The van der Waals surface area contributed by atoms with Crippen LogP contribution in [0.15, 0.2) is 18.2 Å². The van der Waals surface area contributed by atoms with E-state index in [2.05, 4.69) is 22.5 Å². The number of nitrogens with one attached hydrogen (secondary N) is 2. The lowest BCUT2D eigenvalue weighted by Gasteiger charge is -2.16. The van der Waals surface area contributed by atoms with Crippen molar-refractivity contribution in [2.24, 2.45) is 0 Å². The van der Waals surface area contributed by atoms with Gasteiger partial charge in [0.15, 0.2) is 0 Å². The minimum atomic E-state index is -0.209. The molecule has 0 aromatic heterocycles. The van der Waals surface area contributed by atoms with Crippen LogP contribution in [0.25, 0.3) is 0 Å². The van der Waals surface area contributed by atoms with Crippen LogP contribution in [0.1, 0.15) is 25.3 Å². The van der Waals surface area contributed by atoms with Gasteiger partial charge in [0, 0.05) is 20.2 Å². The highest BCUT2D eigenvalue weighted by atomic mass is 16.5. The zero-order chi connectivity index (χ0) is 17.8. The number of amides is 2. The van der Waals surface area contributed by atoms with Crippen molar-refractivity contribution < 1.29 is 14.3 Å². The fraction of sp³-hybridized carbons (Fsp3) is 0.611. The minimum Gasteiger partial charge on any atom is -0.491 e. The molecule has 1 rings (SSSR count). The molecular weight excluding hydrogens is 306 g/mol. The minimum absolute atomic E-state index is 0.209. The van der Waals surface area contributed by atoms with Crippen LogP contribution in [0.4, 0.5) is 10.5 Å². The molecule has 0 fully saturated rings. The van der Waals surface area contributed by atoms with E-state index in [1.54, 1.807) is 7.11 Å². The van der Waals surface area contributed by atoms with E-state index < -0.39 is 0 Å². The highest BCUT2D eigenvalue weighted by molar-refractivity contribution is 5.90. The number of urea groups is 1. The number of carbonyl (C=O) groups excluding carboxylic acids is 1. The molecule has 6 nitrogen and oxygen atoms in total. The van der Waals surface area contributed by atoms with E-state index >= 15 is 0 Å². The van der Waals surface area contributed by atoms with E-state index in [1.807, 2.05) is 32.2 Å². The number of nitrogens with zero attached hydrogens (tertiary/aromatic N) is 1. The van der Waals surface area contributed by atoms with Gasteiger partial charge in [-0.3, -0.25) is 0 Å². The smallest absolute Gasteiger partial charge is 0.319 e. The number of likely N-dealkylation sites (N-methyl/N-ethyl adjacent to an activating group) is 1. The van der Waals surface area contributed by atoms with Crippen molar-refractivity contribution in [3.8, 4) is 5.75 Å². The zero-order valence-electron chi connectivity index (χ0n) is 15.4. The van der Waals surface area contributed by atoms with Gasteiger partial charge in [-0.1, -0.05) is 13.0 Å². The van der Waals surface area contributed by atoms with Gasteiger partial charge in [-0.15, -0.1) is 0 Å². The molecule has 0 bridgehead atoms. The Morgan fingerprint density at radius 1 is 1.25 bits per heavy atom. The third kappa shape index (κ3) is 8.17. The summed E-state index contributed by atoms with van der Waals surface area (Å²) in [5.41, 5.74) is 1.80. The van der Waals surface area contributed by atoms with Crippen LogP contribution in [-0.4, -0.2) is 57.9 Å². The quantitative estimate of drug-likeness (QED) is 0.610. The Morgan fingerprint density at radius 2 is 2.04 bits per heavy atom. The van der Waals surface area contributed by atoms with Crippen molar-refractivity contribution in [1.29, 1.82) is 0 Å². The molecule has 0 saturated carbocycles. The van der Waals surface area contributed by atoms with Crippen LogP contribution in [0.5, 0.6) is 5.75 Å². The number of hydrogen-bond acceptors (Lipinski definition) is 4. The molecule has 1 aromatic rings. The van der Waals surface area contributed by atoms with Gasteiger partial charge in [-0.25, -0.2) is 4.79 Å². The van der Waals surface area contributed by atoms with Crippen molar-refractivity contribution in [3.63, 3.8) is 0 Å². The van der Waals surface area contributed by atoms with Gasteiger partial charge in [0.2, 0.25) is 0 Å². The molecule has 0 heterocycles. The van der Waals surface area contributed by atoms with Gasteiger partial charge in [0.05, 0.1) is 18.9 Å². The summed E-state index contributed by atoms with van der Waals surface area (Å²) in [6.45, 7) is 7.84. The molecule has 0 atom stereocenters. The summed E-state index contributed by atoms with van der Waals surface area (Å²) in [5.74, 6) is 0.714. The average Bonchev–Trinajstić information content (AvgIpc) is 2.57. The number of ether oxygens (including phenoxy) is 2. The summed E-state index contributed by atoms with van der Waals surface area (Å²) in [6.07, 6.45) is 1.82. The molecule has 136 valence electrons. The molecule has 0 aliphatic rings. The first kappa shape index (κ1) is 20.3. The second-order valence-electron chi connectivity index (χ2n) is 5.88. The highest BCUT2D eigenvalue weighted by Gasteiger charge is 2.08. The van der Waals surface area contributed by atoms with E-state index in [4.69, 9.17) is 9.47 Å². The van der Waals surface area contributed by atoms with Crippen LogP contribution < -0.4 is 15.4 Å². The molecule has 0 aliphatic carbocycles. The molecule has 2 amide bonds. The van der Waals surface area contributed by atoms with E-state index in [0.717, 1.165) is 38.1 Å². The van der Waals surface area contributed by atoms with Crippen molar-refractivity contribution in [1.82, 2.24) is 10.2 Å². The van der Waals surface area contributed by atoms with Crippen molar-refractivity contribution >= 4 is 11.7 Å². The predicted octanol–water partition coefficient (Wildman–Crippen LogP) is 2.87. The van der Waals surface area contributed by atoms with E-state index in [0.29, 0.717) is 24.6 Å². The standard InChI is InChI=1S/C18H31N3O3/c1-5-12-24-17-14-15(2)7-8-16(17)20-18(22)19-9-6-10-21(3)11-13-23-4/h7-8,14H,5-6,9-13H2,1-4H3,(H2,19,20,22). The summed E-state index contributed by atoms with van der Waals surface area (Å²) in [4.78, 5) is 14.2. The maximum Gasteiger partial charge on any atom is 0.319 e. The van der Waals surface area contributed by atoms with Crippen LogP contribution in [0.2, 0.25) is 0 Å². The number of methoxy groups -OCH3 is 1. The predicted molar refractivity (Wildman–Crippen MR) is 98.0 cm³/mol. The molecule has 0 spiro atoms. The summed E-state index contributed by atoms with van der Waals surface area (Å²) < 4.78 is 10.7. The Morgan fingerprint density at radius 3 is 2.75 bits per heavy atom. The number of carbonyl (C=O) groups is 1. The van der Waals surface area contributed by atoms with Crippen molar-refractivity contribution in [2.75, 3.05) is 52.3 Å². The first-order valence-corrected chi connectivity index (χ1v) is 8.52. The monoisotopic (exact) mass is 337 g/mol. The molecule has 0 aliphatic heterocycles. The van der Waals surface area contributed by atoms with Crippen LogP contribution in [0.3, 0.4) is 0 Å². The lowest BCUT2D eigenvalue weighted by atomic mass is 10.2. The third-order valence-electron chi connectivity index (χ3n) is 3.53. The number of aryl methyl sites for hydroxylation is 1. The summed E-state index contributed by atoms with van der Waals surface area (Å²) in [6, 6.07) is 5.56. The second-order valence-corrected chi connectivity index (χ2v) is 5.88. The van der Waals surface area contributed by atoms with E-state index in [1.165, 1.54) is 0 Å². The fourth-order valence-corrected chi connectivity index (χ4v) is 2.14. The van der Waals surface area contributed by atoms with Gasteiger partial charge in [0.1, 0.15) is 5.75 Å². The Bertz CT molecular complexity index is 494. The van der Waals surface area contributed by atoms with E-state index in [9.17, 15) is 4.79 Å².